The van der Waals surface area contributed by atoms with Gasteiger partial charge in [0.2, 0.25) is 0 Å². The number of rotatable bonds is 8. The number of likely N-dealkylation sites (tertiary alicyclic amines) is 1. The van der Waals surface area contributed by atoms with E-state index < -0.39 is 0 Å². The molecule has 118 valence electrons. The van der Waals surface area contributed by atoms with Crippen LogP contribution in [-0.4, -0.2) is 37.7 Å². The van der Waals surface area contributed by atoms with Crippen LogP contribution in [0.25, 0.3) is 0 Å². The number of hydrogen-bond donors (Lipinski definition) is 1. The van der Waals surface area contributed by atoms with Gasteiger partial charge in [0.05, 0.1) is 6.61 Å². The highest BCUT2D eigenvalue weighted by molar-refractivity contribution is 5.28. The maximum atomic E-state index is 5.73. The lowest BCUT2D eigenvalue weighted by atomic mass is 9.97. The molecule has 1 aromatic rings. The molecule has 0 spiro atoms. The van der Waals surface area contributed by atoms with Gasteiger partial charge in [0.15, 0.2) is 0 Å². The predicted molar refractivity (Wildman–Crippen MR) is 88.8 cm³/mol. The molecule has 1 aliphatic heterocycles. The van der Waals surface area contributed by atoms with Crippen LogP contribution in [0.1, 0.15) is 38.7 Å². The molecule has 1 aromatic carbocycles. The van der Waals surface area contributed by atoms with Crippen molar-refractivity contribution in [3.05, 3.63) is 29.8 Å². The zero-order valence-electron chi connectivity index (χ0n) is 13.6. The Morgan fingerprint density at radius 3 is 3.05 bits per heavy atom. The van der Waals surface area contributed by atoms with Gasteiger partial charge in [0.1, 0.15) is 5.75 Å². The molecule has 0 bridgehead atoms. The van der Waals surface area contributed by atoms with Gasteiger partial charge in [-0.2, -0.15) is 0 Å². The lowest BCUT2D eigenvalue weighted by Crippen LogP contribution is -2.39. The van der Waals surface area contributed by atoms with Gasteiger partial charge in [-0.25, -0.2) is 0 Å². The molecule has 1 atom stereocenters. The maximum Gasteiger partial charge on any atom is 0.119 e. The molecule has 0 radical (unpaired) electrons. The number of nitrogens with zero attached hydrogens (tertiary/aromatic N) is 1. The molecule has 1 aliphatic rings. The van der Waals surface area contributed by atoms with E-state index >= 15 is 0 Å². The molecule has 1 N–H and O–H groups in total. The predicted octanol–water partition coefficient (Wildman–Crippen LogP) is 3.30. The molecule has 21 heavy (non-hydrogen) atoms. The molecule has 0 aliphatic carbocycles. The van der Waals surface area contributed by atoms with Crippen LogP contribution in [0, 0.1) is 5.92 Å². The molecule has 0 saturated carbocycles. The van der Waals surface area contributed by atoms with Crippen LogP contribution in [0.3, 0.4) is 0 Å². The van der Waals surface area contributed by atoms with E-state index in [9.17, 15) is 0 Å². The SMILES string of the molecule is CCCOc1cccc(CN2CCCC(CNCC)C2)c1. The highest BCUT2D eigenvalue weighted by atomic mass is 16.5. The molecular formula is C18H30N2O. The van der Waals surface area contributed by atoms with Crippen molar-refractivity contribution in [3.63, 3.8) is 0 Å². The number of hydrogen-bond acceptors (Lipinski definition) is 3. The molecule has 0 aromatic heterocycles. The Bertz CT molecular complexity index is 408. The lowest BCUT2D eigenvalue weighted by molar-refractivity contribution is 0.165. The quantitative estimate of drug-likeness (QED) is 0.795. The largest absolute Gasteiger partial charge is 0.494 e. The Balaban J connectivity index is 1.85. The van der Waals surface area contributed by atoms with Crippen LogP contribution in [0.5, 0.6) is 5.75 Å². The summed E-state index contributed by atoms with van der Waals surface area (Å²) in [6.45, 7) is 10.9. The first-order chi connectivity index (χ1) is 10.3. The van der Waals surface area contributed by atoms with Crippen LogP contribution in [0.2, 0.25) is 0 Å². The van der Waals surface area contributed by atoms with Gasteiger partial charge in [-0.3, -0.25) is 4.90 Å². The fraction of sp³-hybridized carbons (Fsp3) is 0.667. The van der Waals surface area contributed by atoms with E-state index in [0.717, 1.165) is 44.3 Å². The summed E-state index contributed by atoms with van der Waals surface area (Å²) < 4.78 is 5.73. The second-order valence-electron chi connectivity index (χ2n) is 6.05. The van der Waals surface area contributed by atoms with Crippen LogP contribution in [-0.2, 0) is 6.54 Å². The second kappa shape index (κ2) is 9.06. The normalized spacial score (nSPS) is 19.6. The monoisotopic (exact) mass is 290 g/mol. The Morgan fingerprint density at radius 1 is 1.33 bits per heavy atom. The third kappa shape index (κ3) is 5.68. The van der Waals surface area contributed by atoms with E-state index in [1.165, 1.54) is 31.5 Å². The third-order valence-corrected chi connectivity index (χ3v) is 4.06. The Morgan fingerprint density at radius 2 is 2.24 bits per heavy atom. The molecule has 1 unspecified atom stereocenters. The minimum absolute atomic E-state index is 0.804. The van der Waals surface area contributed by atoms with Crippen molar-refractivity contribution in [1.82, 2.24) is 10.2 Å². The van der Waals surface area contributed by atoms with Crippen molar-refractivity contribution in [2.45, 2.75) is 39.7 Å². The van der Waals surface area contributed by atoms with E-state index in [1.54, 1.807) is 0 Å². The first-order valence-corrected chi connectivity index (χ1v) is 8.46. The molecule has 1 saturated heterocycles. The summed E-state index contributed by atoms with van der Waals surface area (Å²) in [5, 5.41) is 3.49. The van der Waals surface area contributed by atoms with Crippen molar-refractivity contribution in [1.29, 1.82) is 0 Å². The zero-order chi connectivity index (χ0) is 14.9. The van der Waals surface area contributed by atoms with Crippen LogP contribution in [0.15, 0.2) is 24.3 Å². The van der Waals surface area contributed by atoms with E-state index in [-0.39, 0.29) is 0 Å². The third-order valence-electron chi connectivity index (χ3n) is 4.06. The van der Waals surface area contributed by atoms with E-state index in [1.807, 2.05) is 0 Å². The smallest absolute Gasteiger partial charge is 0.119 e. The minimum Gasteiger partial charge on any atom is -0.494 e. The Labute approximate surface area is 129 Å². The van der Waals surface area contributed by atoms with E-state index in [4.69, 9.17) is 4.74 Å². The molecule has 1 fully saturated rings. The van der Waals surface area contributed by atoms with Crippen LogP contribution >= 0.6 is 0 Å². The summed E-state index contributed by atoms with van der Waals surface area (Å²) in [7, 11) is 0. The second-order valence-corrected chi connectivity index (χ2v) is 6.05. The van der Waals surface area contributed by atoms with Crippen molar-refractivity contribution in [3.8, 4) is 5.75 Å². The number of ether oxygens (including phenoxy) is 1. The average molecular weight is 290 g/mol. The topological polar surface area (TPSA) is 24.5 Å². The summed E-state index contributed by atoms with van der Waals surface area (Å²) >= 11 is 0. The van der Waals surface area contributed by atoms with Gasteiger partial charge >= 0.3 is 0 Å². The van der Waals surface area contributed by atoms with E-state index in [2.05, 4.69) is 48.3 Å². The van der Waals surface area contributed by atoms with Gasteiger partial charge in [-0.05, 0) is 62.5 Å². The Kier molecular flexibility index (Phi) is 7.04. The van der Waals surface area contributed by atoms with Crippen LogP contribution < -0.4 is 10.1 Å². The fourth-order valence-electron chi connectivity index (χ4n) is 3.02. The van der Waals surface area contributed by atoms with Crippen molar-refractivity contribution in [2.24, 2.45) is 5.92 Å². The van der Waals surface area contributed by atoms with Gasteiger partial charge in [0, 0.05) is 13.1 Å². The Hall–Kier alpha value is -1.06. The van der Waals surface area contributed by atoms with Gasteiger partial charge < -0.3 is 10.1 Å². The zero-order valence-corrected chi connectivity index (χ0v) is 13.6. The van der Waals surface area contributed by atoms with Crippen LogP contribution in [0.4, 0.5) is 0 Å². The maximum absolute atomic E-state index is 5.73. The van der Waals surface area contributed by atoms with E-state index in [0.29, 0.717) is 0 Å². The summed E-state index contributed by atoms with van der Waals surface area (Å²) in [5.74, 6) is 1.81. The number of benzene rings is 1. The average Bonchev–Trinajstić information content (AvgIpc) is 2.52. The number of piperidine rings is 1. The summed E-state index contributed by atoms with van der Waals surface area (Å²) in [6, 6.07) is 8.58. The summed E-state index contributed by atoms with van der Waals surface area (Å²) in [5.41, 5.74) is 1.37. The minimum atomic E-state index is 0.804. The first-order valence-electron chi connectivity index (χ1n) is 8.46. The molecule has 0 amide bonds. The molecule has 3 heteroatoms. The van der Waals surface area contributed by atoms with Crippen molar-refractivity contribution in [2.75, 3.05) is 32.8 Å². The fourth-order valence-corrected chi connectivity index (χ4v) is 3.02. The molecule has 3 nitrogen and oxygen atoms in total. The molecule has 1 heterocycles. The lowest BCUT2D eigenvalue weighted by Gasteiger charge is -2.33. The first kappa shape index (κ1) is 16.3. The standard InChI is InChI=1S/C18H30N2O/c1-3-11-21-18-9-5-7-16(12-18)14-20-10-6-8-17(15-20)13-19-4-2/h5,7,9,12,17,19H,3-4,6,8,10-11,13-15H2,1-2H3. The van der Waals surface area contributed by atoms with Gasteiger partial charge in [0.25, 0.3) is 0 Å². The highest BCUT2D eigenvalue weighted by Crippen LogP contribution is 2.20. The summed E-state index contributed by atoms with van der Waals surface area (Å²) in [4.78, 5) is 2.59. The number of nitrogens with one attached hydrogen (secondary N) is 1. The van der Waals surface area contributed by atoms with Crippen molar-refractivity contribution < 1.29 is 4.74 Å². The highest BCUT2D eigenvalue weighted by Gasteiger charge is 2.19. The van der Waals surface area contributed by atoms with Gasteiger partial charge in [-0.15, -0.1) is 0 Å². The molecular weight excluding hydrogens is 260 g/mol. The molecule has 2 rings (SSSR count). The van der Waals surface area contributed by atoms with Crippen molar-refractivity contribution >= 4 is 0 Å². The van der Waals surface area contributed by atoms with Gasteiger partial charge in [-0.1, -0.05) is 26.0 Å². The summed E-state index contributed by atoms with van der Waals surface area (Å²) in [6.07, 6.45) is 3.74.